The van der Waals surface area contributed by atoms with Gasteiger partial charge in [0, 0.05) is 19.4 Å². The summed E-state index contributed by atoms with van der Waals surface area (Å²) in [6.45, 7) is 7.60. The second kappa shape index (κ2) is 47.0. The largest absolute Gasteiger partial charge is 0.462 e. The standard InChI is InChI=1S/C51H90O5/c1-4-7-10-13-15-17-19-21-23-24-25-26-27-29-31-33-35-37-40-43-46-54-47-49(56-51(53)45-42-38-12-9-6-3)48-55-50(52)44-41-39-36-34-32-30-28-22-20-18-16-14-11-8-5-2/h8,11,16,18,21-23,28,32,34,49H,4-7,9-10,12-15,17,19-20,24-27,29-31,33,35-48H2,1-3H3/b11-8-,18-16-,23-21-,28-22-,34-32-. The molecule has 5 heteroatoms. The number of esters is 2. The Bertz CT molecular complexity index is 977. The van der Waals surface area contributed by atoms with Crippen molar-refractivity contribution in [1.29, 1.82) is 0 Å². The van der Waals surface area contributed by atoms with Crippen molar-refractivity contribution in [3.63, 3.8) is 0 Å². The summed E-state index contributed by atoms with van der Waals surface area (Å²) < 4.78 is 17.2. The highest BCUT2D eigenvalue weighted by Gasteiger charge is 2.17. The van der Waals surface area contributed by atoms with Crippen LogP contribution < -0.4 is 0 Å². The molecule has 56 heavy (non-hydrogen) atoms. The monoisotopic (exact) mass is 783 g/mol. The maximum Gasteiger partial charge on any atom is 0.306 e. The maximum absolute atomic E-state index is 12.5. The van der Waals surface area contributed by atoms with Gasteiger partial charge >= 0.3 is 11.9 Å². The van der Waals surface area contributed by atoms with Gasteiger partial charge in [-0.1, -0.05) is 191 Å². The van der Waals surface area contributed by atoms with Gasteiger partial charge < -0.3 is 14.2 Å². The van der Waals surface area contributed by atoms with Gasteiger partial charge in [0.05, 0.1) is 6.61 Å². The van der Waals surface area contributed by atoms with Gasteiger partial charge in [0.15, 0.2) is 6.10 Å². The van der Waals surface area contributed by atoms with Crippen LogP contribution in [0.4, 0.5) is 0 Å². The molecule has 0 amide bonds. The summed E-state index contributed by atoms with van der Waals surface area (Å²) >= 11 is 0. The lowest BCUT2D eigenvalue weighted by atomic mass is 10.1. The van der Waals surface area contributed by atoms with Crippen LogP contribution in [-0.2, 0) is 23.8 Å². The van der Waals surface area contributed by atoms with Crippen molar-refractivity contribution in [3.05, 3.63) is 60.8 Å². The summed E-state index contributed by atoms with van der Waals surface area (Å²) in [5.74, 6) is -0.457. The number of allylic oxidation sites excluding steroid dienone is 10. The maximum atomic E-state index is 12.5. The van der Waals surface area contributed by atoms with E-state index in [0.29, 0.717) is 19.4 Å². The first-order valence-corrected chi connectivity index (χ1v) is 23.8. The summed E-state index contributed by atoms with van der Waals surface area (Å²) in [7, 11) is 0. The fourth-order valence-corrected chi connectivity index (χ4v) is 6.49. The molecule has 1 atom stereocenters. The van der Waals surface area contributed by atoms with Crippen LogP contribution in [0.5, 0.6) is 0 Å². The summed E-state index contributed by atoms with van der Waals surface area (Å²) in [5.41, 5.74) is 0. The molecule has 0 aromatic rings. The molecule has 0 saturated heterocycles. The van der Waals surface area contributed by atoms with E-state index >= 15 is 0 Å². The van der Waals surface area contributed by atoms with Crippen molar-refractivity contribution >= 4 is 11.9 Å². The van der Waals surface area contributed by atoms with Crippen LogP contribution in [0.1, 0.15) is 226 Å². The van der Waals surface area contributed by atoms with Crippen LogP contribution in [0.3, 0.4) is 0 Å². The SMILES string of the molecule is CC/C=C\C/C=C\C/C=C\C/C=C\CCCCC(=O)OCC(COCCCCCCCCCCCC/C=C\CCCCCCCC)OC(=O)CCCCCCC. The zero-order valence-electron chi connectivity index (χ0n) is 37.1. The minimum Gasteiger partial charge on any atom is -0.462 e. The molecule has 0 aliphatic rings. The van der Waals surface area contributed by atoms with Crippen molar-refractivity contribution in [3.8, 4) is 0 Å². The zero-order valence-corrected chi connectivity index (χ0v) is 37.1. The van der Waals surface area contributed by atoms with Crippen LogP contribution in [0.2, 0.25) is 0 Å². The van der Waals surface area contributed by atoms with Gasteiger partial charge in [0.1, 0.15) is 6.61 Å². The minimum absolute atomic E-state index is 0.0627. The molecule has 5 nitrogen and oxygen atoms in total. The Morgan fingerprint density at radius 2 is 0.804 bits per heavy atom. The lowest BCUT2D eigenvalue weighted by Gasteiger charge is -2.18. The Balaban J connectivity index is 4.07. The Morgan fingerprint density at radius 1 is 0.411 bits per heavy atom. The van der Waals surface area contributed by atoms with Crippen LogP contribution in [-0.4, -0.2) is 37.9 Å². The van der Waals surface area contributed by atoms with E-state index in [1.807, 2.05) is 0 Å². The molecule has 0 fully saturated rings. The molecule has 0 heterocycles. The number of unbranched alkanes of at least 4 members (excludes halogenated alkanes) is 22. The highest BCUT2D eigenvalue weighted by Crippen LogP contribution is 2.13. The van der Waals surface area contributed by atoms with Gasteiger partial charge in [0.2, 0.25) is 0 Å². The van der Waals surface area contributed by atoms with Crippen molar-refractivity contribution in [1.82, 2.24) is 0 Å². The topological polar surface area (TPSA) is 61.8 Å². The van der Waals surface area contributed by atoms with E-state index in [9.17, 15) is 9.59 Å². The number of hydrogen-bond acceptors (Lipinski definition) is 5. The molecule has 0 spiro atoms. The molecule has 0 aliphatic heterocycles. The van der Waals surface area contributed by atoms with E-state index in [4.69, 9.17) is 14.2 Å². The molecular formula is C51H90O5. The van der Waals surface area contributed by atoms with E-state index < -0.39 is 6.10 Å². The lowest BCUT2D eigenvalue weighted by molar-refractivity contribution is -0.163. The third-order valence-electron chi connectivity index (χ3n) is 10.0. The fourth-order valence-electron chi connectivity index (χ4n) is 6.49. The van der Waals surface area contributed by atoms with Gasteiger partial charge in [-0.15, -0.1) is 0 Å². The van der Waals surface area contributed by atoms with Crippen LogP contribution >= 0.6 is 0 Å². The predicted molar refractivity (Wildman–Crippen MR) is 242 cm³/mol. The lowest BCUT2D eigenvalue weighted by Crippen LogP contribution is -2.30. The normalized spacial score (nSPS) is 12.7. The Kier molecular flexibility index (Phi) is 45.0. The number of hydrogen-bond donors (Lipinski definition) is 0. The van der Waals surface area contributed by atoms with E-state index in [1.165, 1.54) is 116 Å². The minimum atomic E-state index is -0.549. The summed E-state index contributed by atoms with van der Waals surface area (Å²) in [4.78, 5) is 25.0. The Morgan fingerprint density at radius 3 is 1.34 bits per heavy atom. The zero-order chi connectivity index (χ0) is 40.7. The highest BCUT2D eigenvalue weighted by atomic mass is 16.6. The fraction of sp³-hybridized carbons (Fsp3) is 0.765. The Labute approximate surface area is 347 Å². The molecule has 0 rings (SSSR count). The molecule has 0 aliphatic carbocycles. The van der Waals surface area contributed by atoms with Gasteiger partial charge in [-0.3, -0.25) is 9.59 Å². The first-order chi connectivity index (χ1) is 27.6. The molecule has 0 aromatic carbocycles. The van der Waals surface area contributed by atoms with E-state index in [0.717, 1.165) is 77.0 Å². The van der Waals surface area contributed by atoms with Gasteiger partial charge in [0.25, 0.3) is 0 Å². The number of carbonyl (C=O) groups excluding carboxylic acids is 2. The first-order valence-electron chi connectivity index (χ1n) is 23.8. The predicted octanol–water partition coefficient (Wildman–Crippen LogP) is 15.8. The first kappa shape index (κ1) is 53.6. The average Bonchev–Trinajstić information content (AvgIpc) is 3.20. The molecule has 0 N–H and O–H groups in total. The Hall–Kier alpha value is -2.40. The molecule has 0 radical (unpaired) electrons. The highest BCUT2D eigenvalue weighted by molar-refractivity contribution is 5.70. The average molecular weight is 783 g/mol. The van der Waals surface area contributed by atoms with Crippen molar-refractivity contribution in [2.75, 3.05) is 19.8 Å². The van der Waals surface area contributed by atoms with E-state index in [1.54, 1.807) is 0 Å². The quantitative estimate of drug-likeness (QED) is 0.0350. The van der Waals surface area contributed by atoms with Crippen LogP contribution in [0.15, 0.2) is 60.8 Å². The van der Waals surface area contributed by atoms with Crippen LogP contribution in [0.25, 0.3) is 0 Å². The van der Waals surface area contributed by atoms with Gasteiger partial charge in [-0.05, 0) is 83.5 Å². The second-order valence-corrected chi connectivity index (χ2v) is 15.6. The molecule has 0 bridgehead atoms. The number of carbonyl (C=O) groups is 2. The van der Waals surface area contributed by atoms with Crippen molar-refractivity contribution in [2.24, 2.45) is 0 Å². The number of rotatable bonds is 43. The van der Waals surface area contributed by atoms with Gasteiger partial charge in [-0.2, -0.15) is 0 Å². The summed E-state index contributed by atoms with van der Waals surface area (Å²) in [6.07, 6.45) is 58.3. The summed E-state index contributed by atoms with van der Waals surface area (Å²) in [5, 5.41) is 0. The van der Waals surface area contributed by atoms with Crippen LogP contribution in [0, 0.1) is 0 Å². The van der Waals surface area contributed by atoms with Gasteiger partial charge in [-0.25, -0.2) is 0 Å². The van der Waals surface area contributed by atoms with Crippen molar-refractivity contribution in [2.45, 2.75) is 232 Å². The molecule has 0 aromatic heterocycles. The third-order valence-corrected chi connectivity index (χ3v) is 10.0. The summed E-state index contributed by atoms with van der Waals surface area (Å²) in [6, 6.07) is 0. The molecule has 0 saturated carbocycles. The van der Waals surface area contributed by atoms with E-state index in [-0.39, 0.29) is 25.2 Å². The second-order valence-electron chi connectivity index (χ2n) is 15.6. The third kappa shape index (κ3) is 44.3. The number of ether oxygens (including phenoxy) is 3. The van der Waals surface area contributed by atoms with E-state index in [2.05, 4.69) is 81.5 Å². The van der Waals surface area contributed by atoms with Crippen molar-refractivity contribution < 1.29 is 23.8 Å². The molecule has 324 valence electrons. The smallest absolute Gasteiger partial charge is 0.306 e. The molecule has 1 unspecified atom stereocenters. The molecular weight excluding hydrogens is 693 g/mol.